The smallest absolute Gasteiger partial charge is 0.235 e. The van der Waals surface area contributed by atoms with Crippen LogP contribution in [0.5, 0.6) is 0 Å². The Morgan fingerprint density at radius 2 is 1.30 bits per heavy atom. The Labute approximate surface area is 160 Å². The van der Waals surface area contributed by atoms with Crippen LogP contribution >= 0.6 is 7.29 Å². The molecule has 1 saturated carbocycles. The molecule has 0 radical (unpaired) electrons. The van der Waals surface area contributed by atoms with Crippen LogP contribution in [0.4, 0.5) is 0 Å². The SMILES string of the molecule is O=P1(NN=C2CCCCC2)C=C(c2ccccc2)OC(c2ccccc2)=C1. The van der Waals surface area contributed by atoms with Gasteiger partial charge in [0.2, 0.25) is 7.29 Å². The summed E-state index contributed by atoms with van der Waals surface area (Å²) in [6.45, 7) is 0. The van der Waals surface area contributed by atoms with Gasteiger partial charge in [-0.05, 0) is 25.7 Å². The van der Waals surface area contributed by atoms with E-state index in [0.29, 0.717) is 11.5 Å². The first-order valence-corrected chi connectivity index (χ1v) is 11.2. The van der Waals surface area contributed by atoms with Crippen molar-refractivity contribution in [3.63, 3.8) is 0 Å². The Balaban J connectivity index is 1.69. The zero-order chi connectivity index (χ0) is 18.5. The maximum atomic E-state index is 13.6. The fourth-order valence-corrected chi connectivity index (χ4v) is 4.89. The molecule has 4 nitrogen and oxygen atoms in total. The van der Waals surface area contributed by atoms with E-state index in [9.17, 15) is 4.57 Å². The zero-order valence-corrected chi connectivity index (χ0v) is 16.1. The predicted octanol–water partition coefficient (Wildman–Crippen LogP) is 6.20. The highest BCUT2D eigenvalue weighted by Crippen LogP contribution is 2.53. The van der Waals surface area contributed by atoms with Crippen molar-refractivity contribution < 1.29 is 9.30 Å². The molecule has 1 N–H and O–H groups in total. The minimum atomic E-state index is -3.01. The summed E-state index contributed by atoms with van der Waals surface area (Å²) in [5.74, 6) is 4.55. The Kier molecular flexibility index (Phi) is 5.26. The monoisotopic (exact) mass is 378 g/mol. The number of hydrogen-bond acceptors (Lipinski definition) is 3. The molecule has 2 aromatic rings. The zero-order valence-electron chi connectivity index (χ0n) is 15.2. The first-order chi connectivity index (χ1) is 13.2. The normalized spacial score (nSPS) is 18.7. The highest BCUT2D eigenvalue weighted by atomic mass is 31.2. The molecule has 138 valence electrons. The lowest BCUT2D eigenvalue weighted by Gasteiger charge is -2.23. The molecule has 1 fully saturated rings. The van der Waals surface area contributed by atoms with E-state index in [1.807, 2.05) is 60.7 Å². The second-order valence-electron chi connectivity index (χ2n) is 6.87. The molecule has 0 aromatic heterocycles. The number of nitrogens with one attached hydrogen (secondary N) is 1. The standard InChI is InChI=1S/C22H23N2O2P/c25-27(24-23-20-14-8-3-9-15-20)16-21(18-10-4-1-5-11-18)26-22(17-27)19-12-6-2-7-13-19/h1-2,4-7,10-13,16-17H,3,8-9,14-15H2,(H,24,25). The lowest BCUT2D eigenvalue weighted by molar-refractivity contribution is 0.468. The fourth-order valence-electron chi connectivity index (χ4n) is 3.31. The van der Waals surface area contributed by atoms with E-state index in [-0.39, 0.29) is 0 Å². The summed E-state index contributed by atoms with van der Waals surface area (Å²) < 4.78 is 19.7. The summed E-state index contributed by atoms with van der Waals surface area (Å²) in [7, 11) is -3.01. The van der Waals surface area contributed by atoms with E-state index in [2.05, 4.69) is 10.3 Å². The van der Waals surface area contributed by atoms with Gasteiger partial charge in [0.05, 0.1) is 0 Å². The molecule has 1 heterocycles. The topological polar surface area (TPSA) is 50.7 Å². The van der Waals surface area contributed by atoms with Crippen molar-refractivity contribution in [3.8, 4) is 0 Å². The first kappa shape index (κ1) is 17.8. The van der Waals surface area contributed by atoms with Crippen molar-refractivity contribution in [2.24, 2.45) is 5.10 Å². The maximum absolute atomic E-state index is 13.6. The second-order valence-corrected chi connectivity index (χ2v) is 9.00. The van der Waals surface area contributed by atoms with Gasteiger partial charge in [0.1, 0.15) is 11.5 Å². The van der Waals surface area contributed by atoms with Crippen LogP contribution in [0.1, 0.15) is 43.2 Å². The Hall–Kier alpha value is -2.58. The number of nitrogens with zero attached hydrogens (tertiary/aromatic N) is 1. The van der Waals surface area contributed by atoms with Crippen molar-refractivity contribution in [2.75, 3.05) is 0 Å². The summed E-state index contributed by atoms with van der Waals surface area (Å²) in [5.41, 5.74) is 2.89. The summed E-state index contributed by atoms with van der Waals surface area (Å²) in [4.78, 5) is 0. The van der Waals surface area contributed by atoms with Gasteiger partial charge < -0.3 is 4.74 Å². The molecule has 0 amide bonds. The van der Waals surface area contributed by atoms with Crippen molar-refractivity contribution in [1.29, 1.82) is 0 Å². The van der Waals surface area contributed by atoms with Crippen LogP contribution in [0.15, 0.2) is 77.4 Å². The van der Waals surface area contributed by atoms with Gasteiger partial charge in [0, 0.05) is 28.5 Å². The Morgan fingerprint density at radius 1 is 0.778 bits per heavy atom. The minimum Gasteiger partial charge on any atom is -0.456 e. The van der Waals surface area contributed by atoms with E-state index in [1.165, 1.54) is 6.42 Å². The maximum Gasteiger partial charge on any atom is 0.235 e. The minimum absolute atomic E-state index is 0.594. The van der Waals surface area contributed by atoms with Crippen LogP contribution < -0.4 is 5.20 Å². The van der Waals surface area contributed by atoms with Gasteiger partial charge >= 0.3 is 0 Å². The molecule has 2 aromatic carbocycles. The van der Waals surface area contributed by atoms with Crippen molar-refractivity contribution in [2.45, 2.75) is 32.1 Å². The number of benzene rings is 2. The van der Waals surface area contributed by atoms with E-state index in [4.69, 9.17) is 4.74 Å². The van der Waals surface area contributed by atoms with Crippen LogP contribution in [0.2, 0.25) is 0 Å². The van der Waals surface area contributed by atoms with Crippen molar-refractivity contribution in [3.05, 3.63) is 83.4 Å². The molecule has 5 heteroatoms. The highest BCUT2D eigenvalue weighted by molar-refractivity contribution is 7.68. The third-order valence-corrected chi connectivity index (χ3v) is 6.40. The summed E-state index contributed by atoms with van der Waals surface area (Å²) in [5, 5.41) is 7.47. The molecule has 2 aliphatic rings. The Bertz CT molecular complexity index is 866. The van der Waals surface area contributed by atoms with Gasteiger partial charge in [0.25, 0.3) is 0 Å². The quantitative estimate of drug-likeness (QED) is 0.509. The lowest BCUT2D eigenvalue weighted by atomic mass is 9.99. The van der Waals surface area contributed by atoms with Gasteiger partial charge in [-0.25, -0.2) is 0 Å². The largest absolute Gasteiger partial charge is 0.456 e. The average Bonchev–Trinajstić information content (AvgIpc) is 2.74. The lowest BCUT2D eigenvalue weighted by Crippen LogP contribution is -2.12. The first-order valence-electron chi connectivity index (χ1n) is 9.38. The predicted molar refractivity (Wildman–Crippen MR) is 111 cm³/mol. The van der Waals surface area contributed by atoms with Crippen LogP contribution in [-0.2, 0) is 9.30 Å². The average molecular weight is 378 g/mol. The molecular formula is C22H23N2O2P. The molecular weight excluding hydrogens is 355 g/mol. The van der Waals surface area contributed by atoms with Crippen LogP contribution in [0, 0.1) is 0 Å². The molecule has 1 aliphatic carbocycles. The molecule has 1 aliphatic heterocycles. The summed E-state index contributed by atoms with van der Waals surface area (Å²) in [6, 6.07) is 19.5. The number of hydrogen-bond donors (Lipinski definition) is 1. The molecule has 0 spiro atoms. The van der Waals surface area contributed by atoms with Crippen LogP contribution in [0.3, 0.4) is 0 Å². The van der Waals surface area contributed by atoms with Gasteiger partial charge in [-0.3, -0.25) is 9.76 Å². The third kappa shape index (κ3) is 4.40. The van der Waals surface area contributed by atoms with Crippen LogP contribution in [0.25, 0.3) is 11.5 Å². The van der Waals surface area contributed by atoms with E-state index < -0.39 is 7.29 Å². The fraction of sp³-hybridized carbons (Fsp3) is 0.227. The second kappa shape index (κ2) is 7.98. The summed E-state index contributed by atoms with van der Waals surface area (Å²) >= 11 is 0. The van der Waals surface area contributed by atoms with Crippen molar-refractivity contribution >= 4 is 24.5 Å². The van der Waals surface area contributed by atoms with Gasteiger partial charge in [-0.1, -0.05) is 67.1 Å². The molecule has 0 saturated heterocycles. The Morgan fingerprint density at radius 3 is 1.81 bits per heavy atom. The van der Waals surface area contributed by atoms with Crippen molar-refractivity contribution in [1.82, 2.24) is 5.20 Å². The van der Waals surface area contributed by atoms with E-state index >= 15 is 0 Å². The van der Waals surface area contributed by atoms with E-state index in [1.54, 1.807) is 11.6 Å². The number of rotatable bonds is 4. The third-order valence-electron chi connectivity index (χ3n) is 4.75. The van der Waals surface area contributed by atoms with E-state index in [0.717, 1.165) is 42.5 Å². The molecule has 0 bridgehead atoms. The summed E-state index contributed by atoms with van der Waals surface area (Å²) in [6.07, 6.45) is 5.52. The van der Waals surface area contributed by atoms with Crippen LogP contribution in [-0.4, -0.2) is 5.71 Å². The molecule has 0 unspecified atom stereocenters. The number of ether oxygens (including phenoxy) is 1. The highest BCUT2D eigenvalue weighted by Gasteiger charge is 2.27. The molecule has 27 heavy (non-hydrogen) atoms. The number of hydrazone groups is 1. The molecule has 4 rings (SSSR count). The van der Waals surface area contributed by atoms with Gasteiger partial charge in [0.15, 0.2) is 0 Å². The molecule has 0 atom stereocenters. The van der Waals surface area contributed by atoms with Gasteiger partial charge in [-0.15, -0.1) is 0 Å². The van der Waals surface area contributed by atoms with Gasteiger partial charge in [-0.2, -0.15) is 5.10 Å².